The second-order valence-corrected chi connectivity index (χ2v) is 8.07. The maximum absolute atomic E-state index is 6.17. The van der Waals surface area contributed by atoms with Gasteiger partial charge in [0, 0.05) is 12.8 Å². The van der Waals surface area contributed by atoms with E-state index in [1.165, 1.54) is 11.1 Å². The Morgan fingerprint density at radius 1 is 0.588 bits per heavy atom. The molecule has 0 aliphatic heterocycles. The van der Waals surface area contributed by atoms with E-state index < -0.39 is 0 Å². The SMILES string of the molecule is Nc1on[n+](CCc2ccccc2)c1-c1cccc(-c2c(N)on[n+]2CCc2ccccc2)c1. The van der Waals surface area contributed by atoms with E-state index in [2.05, 4.69) is 34.8 Å². The predicted octanol–water partition coefficient (Wildman–Crippen LogP) is 3.22. The number of aromatic nitrogens is 4. The molecule has 0 saturated carbocycles. The molecule has 170 valence electrons. The molecule has 0 spiro atoms. The van der Waals surface area contributed by atoms with Crippen LogP contribution in [0.3, 0.4) is 0 Å². The van der Waals surface area contributed by atoms with Gasteiger partial charge in [-0.3, -0.25) is 9.05 Å². The standard InChI is InChI=1S/C26H26N6O2/c27-25-23(31(29-33-25)16-14-19-8-3-1-4-9-19)21-12-7-13-22(18-21)24-26(28)34-30-32(24)17-15-20-10-5-2-6-11-20/h1-13,18H,14-17,27-28H2/q+2. The Labute approximate surface area is 197 Å². The zero-order valence-electron chi connectivity index (χ0n) is 18.7. The molecule has 0 amide bonds. The van der Waals surface area contributed by atoms with Crippen molar-refractivity contribution >= 4 is 11.8 Å². The summed E-state index contributed by atoms with van der Waals surface area (Å²) in [6.45, 7) is 1.27. The molecule has 0 fully saturated rings. The van der Waals surface area contributed by atoms with Crippen LogP contribution in [0.2, 0.25) is 0 Å². The van der Waals surface area contributed by atoms with Gasteiger partial charge in [-0.15, -0.1) is 0 Å². The van der Waals surface area contributed by atoms with E-state index in [-0.39, 0.29) is 11.8 Å². The van der Waals surface area contributed by atoms with E-state index in [4.69, 9.17) is 20.5 Å². The van der Waals surface area contributed by atoms with Gasteiger partial charge in [-0.05, 0) is 38.7 Å². The summed E-state index contributed by atoms with van der Waals surface area (Å²) >= 11 is 0. The Morgan fingerprint density at radius 2 is 1.03 bits per heavy atom. The normalized spacial score (nSPS) is 11.1. The van der Waals surface area contributed by atoms with Crippen molar-refractivity contribution in [1.29, 1.82) is 0 Å². The van der Waals surface area contributed by atoms with Gasteiger partial charge in [0.25, 0.3) is 0 Å². The van der Waals surface area contributed by atoms with Gasteiger partial charge in [0.1, 0.15) is 0 Å². The van der Waals surface area contributed by atoms with Gasteiger partial charge < -0.3 is 11.5 Å². The predicted molar refractivity (Wildman–Crippen MR) is 127 cm³/mol. The first-order valence-corrected chi connectivity index (χ1v) is 11.2. The zero-order chi connectivity index (χ0) is 23.3. The summed E-state index contributed by atoms with van der Waals surface area (Å²) in [5, 5.41) is 8.31. The van der Waals surface area contributed by atoms with Crippen LogP contribution in [0.1, 0.15) is 11.1 Å². The largest absolute Gasteiger partial charge is 0.362 e. The lowest BCUT2D eigenvalue weighted by atomic mass is 10.0. The fraction of sp³-hybridized carbons (Fsp3) is 0.154. The van der Waals surface area contributed by atoms with Crippen molar-refractivity contribution in [3.8, 4) is 22.5 Å². The Hall–Kier alpha value is -4.46. The molecule has 8 nitrogen and oxygen atoms in total. The summed E-state index contributed by atoms with van der Waals surface area (Å²) in [6.07, 6.45) is 1.62. The lowest BCUT2D eigenvalue weighted by Crippen LogP contribution is -2.39. The Bertz CT molecular complexity index is 1280. The van der Waals surface area contributed by atoms with Crippen LogP contribution in [-0.4, -0.2) is 10.5 Å². The summed E-state index contributed by atoms with van der Waals surface area (Å²) in [5.41, 5.74) is 18.0. The van der Waals surface area contributed by atoms with Crippen LogP contribution < -0.4 is 20.8 Å². The lowest BCUT2D eigenvalue weighted by molar-refractivity contribution is -0.752. The third-order valence-corrected chi connectivity index (χ3v) is 5.78. The second-order valence-electron chi connectivity index (χ2n) is 8.07. The van der Waals surface area contributed by atoms with Crippen molar-refractivity contribution in [2.45, 2.75) is 25.9 Å². The van der Waals surface area contributed by atoms with E-state index >= 15 is 0 Å². The molecular formula is C26H26N6O2+2. The fourth-order valence-corrected chi connectivity index (χ4v) is 4.07. The lowest BCUT2D eigenvalue weighted by Gasteiger charge is -2.01. The van der Waals surface area contributed by atoms with Crippen LogP contribution in [0.25, 0.3) is 22.5 Å². The van der Waals surface area contributed by atoms with Crippen LogP contribution in [0.5, 0.6) is 0 Å². The van der Waals surface area contributed by atoms with Crippen LogP contribution >= 0.6 is 0 Å². The second kappa shape index (κ2) is 9.58. The number of hydrogen-bond donors (Lipinski definition) is 2. The van der Waals surface area contributed by atoms with Crippen molar-refractivity contribution in [3.05, 3.63) is 96.1 Å². The van der Waals surface area contributed by atoms with Crippen LogP contribution in [0.15, 0.2) is 94.0 Å². The van der Waals surface area contributed by atoms with E-state index in [0.717, 1.165) is 35.4 Å². The average Bonchev–Trinajstić information content (AvgIpc) is 3.44. The number of rotatable bonds is 8. The van der Waals surface area contributed by atoms with Crippen LogP contribution in [-0.2, 0) is 25.9 Å². The van der Waals surface area contributed by atoms with E-state index in [0.29, 0.717) is 13.1 Å². The minimum Gasteiger partial charge on any atom is -0.362 e. The highest BCUT2D eigenvalue weighted by molar-refractivity contribution is 5.74. The number of anilines is 2. The van der Waals surface area contributed by atoms with Crippen molar-refractivity contribution < 1.29 is 18.4 Å². The van der Waals surface area contributed by atoms with Crippen molar-refractivity contribution in [2.24, 2.45) is 0 Å². The molecule has 4 N–H and O–H groups in total. The van der Waals surface area contributed by atoms with Gasteiger partial charge in [0.05, 0.1) is 11.1 Å². The summed E-state index contributed by atoms with van der Waals surface area (Å²) in [4.78, 5) is 0. The quantitative estimate of drug-likeness (QED) is 0.348. The molecule has 0 aliphatic carbocycles. The third kappa shape index (κ3) is 4.52. The Morgan fingerprint density at radius 3 is 1.47 bits per heavy atom. The molecule has 34 heavy (non-hydrogen) atoms. The van der Waals surface area contributed by atoms with Gasteiger partial charge in [0.2, 0.25) is 10.5 Å². The summed E-state index contributed by atoms with van der Waals surface area (Å²) in [7, 11) is 0. The highest BCUT2D eigenvalue weighted by Crippen LogP contribution is 2.28. The molecule has 5 rings (SSSR count). The molecule has 5 aromatic rings. The molecule has 3 aromatic carbocycles. The Balaban J connectivity index is 1.42. The number of nitrogens with two attached hydrogens (primary N) is 2. The molecule has 0 aliphatic rings. The van der Waals surface area contributed by atoms with Gasteiger partial charge in [0.15, 0.2) is 13.1 Å². The van der Waals surface area contributed by atoms with Crippen molar-refractivity contribution in [2.75, 3.05) is 11.5 Å². The topological polar surface area (TPSA) is 112 Å². The number of nitrogen functional groups attached to an aromatic ring is 2. The maximum Gasteiger partial charge on any atom is 0.304 e. The van der Waals surface area contributed by atoms with Gasteiger partial charge in [-0.1, -0.05) is 66.7 Å². The molecular weight excluding hydrogens is 428 g/mol. The number of aryl methyl sites for hydroxylation is 4. The smallest absolute Gasteiger partial charge is 0.304 e. The highest BCUT2D eigenvalue weighted by atomic mass is 16.5. The number of nitrogens with zero attached hydrogens (tertiary/aromatic N) is 4. The van der Waals surface area contributed by atoms with Crippen LogP contribution in [0.4, 0.5) is 11.8 Å². The monoisotopic (exact) mass is 454 g/mol. The van der Waals surface area contributed by atoms with E-state index in [1.807, 2.05) is 60.7 Å². The molecule has 0 saturated heterocycles. The fourth-order valence-electron chi connectivity index (χ4n) is 4.07. The first-order valence-electron chi connectivity index (χ1n) is 11.2. The van der Waals surface area contributed by atoms with Crippen LogP contribution in [0, 0.1) is 0 Å². The van der Waals surface area contributed by atoms with Gasteiger partial charge in [-0.25, -0.2) is 0 Å². The molecule has 8 heteroatoms. The average molecular weight is 455 g/mol. The van der Waals surface area contributed by atoms with E-state index in [1.54, 1.807) is 9.36 Å². The number of benzene rings is 3. The maximum atomic E-state index is 6.17. The van der Waals surface area contributed by atoms with E-state index in [9.17, 15) is 0 Å². The molecule has 0 atom stereocenters. The Kier molecular flexibility index (Phi) is 6.03. The minimum atomic E-state index is 0.264. The first-order chi connectivity index (χ1) is 16.7. The molecule has 0 unspecified atom stereocenters. The zero-order valence-corrected chi connectivity index (χ0v) is 18.7. The number of hydrogen-bond acceptors (Lipinski definition) is 6. The summed E-state index contributed by atoms with van der Waals surface area (Å²) < 4.78 is 14.3. The third-order valence-electron chi connectivity index (χ3n) is 5.78. The molecule has 2 heterocycles. The molecule has 2 aromatic heterocycles. The molecule has 0 radical (unpaired) electrons. The van der Waals surface area contributed by atoms with Crippen molar-refractivity contribution in [3.63, 3.8) is 0 Å². The van der Waals surface area contributed by atoms with Gasteiger partial charge in [-0.2, -0.15) is 0 Å². The first kappa shape index (κ1) is 21.4. The summed E-state index contributed by atoms with van der Waals surface area (Å²) in [5.74, 6) is 0.529. The highest BCUT2D eigenvalue weighted by Gasteiger charge is 2.28. The van der Waals surface area contributed by atoms with Crippen molar-refractivity contribution in [1.82, 2.24) is 10.5 Å². The molecule has 0 bridgehead atoms. The van der Waals surface area contributed by atoms with Gasteiger partial charge >= 0.3 is 23.2 Å². The minimum absolute atomic E-state index is 0.264. The summed E-state index contributed by atoms with van der Waals surface area (Å²) in [6, 6.07) is 28.4.